The number of nitrogens with one attached hydrogen (secondary N) is 1. The Morgan fingerprint density at radius 3 is 2.83 bits per heavy atom. The van der Waals surface area contributed by atoms with Crippen LogP contribution in [-0.4, -0.2) is 25.4 Å². The van der Waals surface area contributed by atoms with E-state index in [1.54, 1.807) is 7.05 Å². The van der Waals surface area contributed by atoms with Crippen LogP contribution in [0.3, 0.4) is 0 Å². The number of rotatable bonds is 6. The third kappa shape index (κ3) is 3.95. The van der Waals surface area contributed by atoms with Crippen LogP contribution in [0.25, 0.3) is 10.4 Å². The maximum absolute atomic E-state index is 10.6. The van der Waals surface area contributed by atoms with Crippen LogP contribution < -0.4 is 5.32 Å². The summed E-state index contributed by atoms with van der Waals surface area (Å²) in [5.74, 6) is 0. The van der Waals surface area contributed by atoms with Crippen molar-refractivity contribution in [2.75, 3.05) is 13.6 Å². The lowest BCUT2D eigenvalue weighted by atomic mass is 9.98. The molecule has 0 aromatic heterocycles. The molecule has 0 fully saturated rings. The minimum Gasteiger partial charge on any atom is -0.308 e. The van der Waals surface area contributed by atoms with Crippen LogP contribution in [0, 0.1) is 0 Å². The molecule has 0 aliphatic carbocycles. The Morgan fingerprint density at radius 1 is 1.75 bits per heavy atom. The van der Waals surface area contributed by atoms with Gasteiger partial charge in [-0.1, -0.05) is 5.11 Å². The van der Waals surface area contributed by atoms with E-state index in [1.807, 2.05) is 6.92 Å². The lowest BCUT2D eigenvalue weighted by Crippen LogP contribution is -2.41. The van der Waals surface area contributed by atoms with Crippen LogP contribution in [0.5, 0.6) is 0 Å². The lowest BCUT2D eigenvalue weighted by Gasteiger charge is -2.21. The highest BCUT2D eigenvalue weighted by Crippen LogP contribution is 2.08. The van der Waals surface area contributed by atoms with Gasteiger partial charge in [-0.3, -0.25) is 0 Å². The van der Waals surface area contributed by atoms with E-state index >= 15 is 0 Å². The molecule has 0 unspecified atom stereocenters. The third-order valence-corrected chi connectivity index (χ3v) is 1.85. The molecule has 0 saturated heterocycles. The van der Waals surface area contributed by atoms with Crippen LogP contribution in [0.15, 0.2) is 5.11 Å². The molecule has 0 aliphatic heterocycles. The summed E-state index contributed by atoms with van der Waals surface area (Å²) >= 11 is 0. The molecular weight excluding hydrogens is 156 g/mol. The molecule has 0 aromatic carbocycles. The van der Waals surface area contributed by atoms with Gasteiger partial charge in [0.15, 0.2) is 0 Å². The smallest absolute Gasteiger partial charge is 0.139 e. The normalized spacial score (nSPS) is 14.5. The third-order valence-electron chi connectivity index (χ3n) is 1.85. The van der Waals surface area contributed by atoms with Gasteiger partial charge in [0.2, 0.25) is 0 Å². The van der Waals surface area contributed by atoms with Crippen molar-refractivity contribution in [1.29, 1.82) is 0 Å². The fraction of sp³-hybridized carbons (Fsp3) is 0.857. The molecular formula is C7H14N4O. The number of likely N-dealkylation sites (N-methyl/N-ethyl adjacent to an activating group) is 1. The second-order valence-electron chi connectivity index (χ2n) is 2.84. The predicted molar refractivity (Wildman–Crippen MR) is 46.8 cm³/mol. The molecule has 1 N–H and O–H groups in total. The first-order valence-electron chi connectivity index (χ1n) is 3.84. The molecule has 0 rings (SSSR count). The van der Waals surface area contributed by atoms with Gasteiger partial charge in [0.25, 0.3) is 0 Å². The van der Waals surface area contributed by atoms with Crippen molar-refractivity contribution in [2.45, 2.75) is 25.3 Å². The van der Waals surface area contributed by atoms with E-state index in [-0.39, 0.29) is 0 Å². The van der Waals surface area contributed by atoms with Crippen molar-refractivity contribution in [2.24, 2.45) is 5.11 Å². The molecule has 0 bridgehead atoms. The van der Waals surface area contributed by atoms with Crippen LogP contribution in [0.4, 0.5) is 0 Å². The zero-order valence-electron chi connectivity index (χ0n) is 7.45. The molecule has 0 aromatic rings. The molecule has 0 amide bonds. The fourth-order valence-electron chi connectivity index (χ4n) is 0.805. The average molecular weight is 170 g/mol. The van der Waals surface area contributed by atoms with E-state index in [2.05, 4.69) is 15.3 Å². The zero-order valence-corrected chi connectivity index (χ0v) is 7.45. The number of carbonyl (C=O) groups excluding carboxylic acids is 1. The van der Waals surface area contributed by atoms with E-state index < -0.39 is 5.54 Å². The highest BCUT2D eigenvalue weighted by molar-refractivity contribution is 5.63. The van der Waals surface area contributed by atoms with E-state index in [1.165, 1.54) is 0 Å². The summed E-state index contributed by atoms with van der Waals surface area (Å²) < 4.78 is 0. The van der Waals surface area contributed by atoms with Gasteiger partial charge in [-0.15, -0.1) is 0 Å². The first-order chi connectivity index (χ1) is 5.68. The maximum Gasteiger partial charge on any atom is 0.139 e. The second kappa shape index (κ2) is 5.57. The summed E-state index contributed by atoms with van der Waals surface area (Å²) in [7, 11) is 1.74. The zero-order chi connectivity index (χ0) is 9.45. The van der Waals surface area contributed by atoms with Gasteiger partial charge in [0, 0.05) is 11.5 Å². The highest BCUT2D eigenvalue weighted by Gasteiger charge is 2.19. The molecule has 5 nitrogen and oxygen atoms in total. The first kappa shape index (κ1) is 10.9. The van der Waals surface area contributed by atoms with Crippen molar-refractivity contribution in [3.63, 3.8) is 0 Å². The summed E-state index contributed by atoms with van der Waals surface area (Å²) in [6, 6.07) is 0. The van der Waals surface area contributed by atoms with Gasteiger partial charge in [0.05, 0.1) is 5.54 Å². The summed E-state index contributed by atoms with van der Waals surface area (Å²) in [5.41, 5.74) is 7.50. The summed E-state index contributed by atoms with van der Waals surface area (Å²) in [5, 5.41) is 6.28. The fourth-order valence-corrected chi connectivity index (χ4v) is 0.805. The first-order valence-corrected chi connectivity index (χ1v) is 3.84. The Morgan fingerprint density at radius 2 is 2.42 bits per heavy atom. The van der Waals surface area contributed by atoms with E-state index in [9.17, 15) is 4.79 Å². The van der Waals surface area contributed by atoms with Crippen molar-refractivity contribution in [3.8, 4) is 0 Å². The predicted octanol–water partition coefficient (Wildman–Crippen LogP) is 1.25. The molecule has 5 heteroatoms. The average Bonchev–Trinajstić information content (AvgIpc) is 2.12. The maximum atomic E-state index is 10.6. The molecule has 0 heterocycles. The monoisotopic (exact) mass is 170 g/mol. The van der Waals surface area contributed by atoms with Crippen molar-refractivity contribution >= 4 is 6.29 Å². The number of nitrogens with zero attached hydrogens (tertiary/aromatic N) is 3. The van der Waals surface area contributed by atoms with Gasteiger partial charge >= 0.3 is 0 Å². The molecule has 1 atom stereocenters. The van der Waals surface area contributed by atoms with Gasteiger partial charge in [-0.05, 0) is 32.3 Å². The number of aldehydes is 1. The SMILES string of the molecule is CN[C@](C)(C=O)CCCN=[N+]=[N-]. The second-order valence-corrected chi connectivity index (χ2v) is 2.84. The van der Waals surface area contributed by atoms with Crippen LogP contribution in [-0.2, 0) is 4.79 Å². The lowest BCUT2D eigenvalue weighted by molar-refractivity contribution is -0.112. The topological polar surface area (TPSA) is 77.9 Å². The molecule has 0 radical (unpaired) electrons. The van der Waals surface area contributed by atoms with E-state index in [0.29, 0.717) is 13.0 Å². The standard InChI is InChI=1S/C7H14N4O/c1-7(6-12,9-2)4-3-5-10-11-8/h6,9H,3-5H2,1-2H3/t7-/m0/s1. The number of hydrogen-bond acceptors (Lipinski definition) is 3. The largest absolute Gasteiger partial charge is 0.308 e. The van der Waals surface area contributed by atoms with Crippen molar-refractivity contribution in [1.82, 2.24) is 5.32 Å². The minimum absolute atomic E-state index is 0.446. The van der Waals surface area contributed by atoms with Gasteiger partial charge in [-0.2, -0.15) is 0 Å². The van der Waals surface area contributed by atoms with Crippen LogP contribution in [0.1, 0.15) is 19.8 Å². The molecule has 0 saturated carbocycles. The molecule has 12 heavy (non-hydrogen) atoms. The Hall–Kier alpha value is -1.06. The number of azide groups is 1. The van der Waals surface area contributed by atoms with Crippen molar-refractivity contribution in [3.05, 3.63) is 10.4 Å². The van der Waals surface area contributed by atoms with Crippen LogP contribution >= 0.6 is 0 Å². The summed E-state index contributed by atoms with van der Waals surface area (Å²) in [4.78, 5) is 13.2. The quantitative estimate of drug-likeness (QED) is 0.214. The Labute approximate surface area is 71.8 Å². The minimum atomic E-state index is -0.481. The molecule has 68 valence electrons. The Kier molecular flexibility index (Phi) is 5.08. The number of hydrogen-bond donors (Lipinski definition) is 1. The van der Waals surface area contributed by atoms with Gasteiger partial charge in [-0.25, -0.2) is 0 Å². The van der Waals surface area contributed by atoms with Gasteiger partial charge in [0.1, 0.15) is 6.29 Å². The van der Waals surface area contributed by atoms with E-state index in [0.717, 1.165) is 12.7 Å². The highest BCUT2D eigenvalue weighted by atomic mass is 16.1. The van der Waals surface area contributed by atoms with E-state index in [4.69, 9.17) is 5.53 Å². The molecule has 0 aliphatic rings. The summed E-state index contributed by atoms with van der Waals surface area (Å²) in [6.07, 6.45) is 2.29. The number of carbonyl (C=O) groups is 1. The Bertz CT molecular complexity index is 188. The summed E-state index contributed by atoms with van der Waals surface area (Å²) in [6.45, 7) is 2.26. The molecule has 0 spiro atoms. The van der Waals surface area contributed by atoms with Crippen LogP contribution in [0.2, 0.25) is 0 Å². The van der Waals surface area contributed by atoms with Crippen molar-refractivity contribution < 1.29 is 4.79 Å². The van der Waals surface area contributed by atoms with Gasteiger partial charge < -0.3 is 10.1 Å². The Balaban J connectivity index is 3.72.